The fraction of sp³-hybridized carbons (Fsp3) is 0.231. The zero-order valence-corrected chi connectivity index (χ0v) is 10.8. The van der Waals surface area contributed by atoms with Gasteiger partial charge in [-0.2, -0.15) is 0 Å². The molecule has 2 rings (SSSR count). The maximum Gasteiger partial charge on any atom is 0.355 e. The van der Waals surface area contributed by atoms with E-state index in [1.54, 1.807) is 31.2 Å². The van der Waals surface area contributed by atoms with Gasteiger partial charge in [-0.1, -0.05) is 17.7 Å². The first-order valence-electron chi connectivity index (χ1n) is 5.53. The summed E-state index contributed by atoms with van der Waals surface area (Å²) in [6, 6.07) is 6.76. The highest BCUT2D eigenvalue weighted by atomic mass is 35.5. The summed E-state index contributed by atoms with van der Waals surface area (Å²) in [6.07, 6.45) is 0. The Balaban J connectivity index is 2.69. The van der Waals surface area contributed by atoms with Crippen molar-refractivity contribution in [2.24, 2.45) is 0 Å². The van der Waals surface area contributed by atoms with Gasteiger partial charge in [0.1, 0.15) is 5.69 Å². The van der Waals surface area contributed by atoms with Gasteiger partial charge in [0.15, 0.2) is 0 Å². The Kier molecular flexibility index (Phi) is 3.39. The van der Waals surface area contributed by atoms with Crippen LogP contribution in [0.25, 0.3) is 10.9 Å². The van der Waals surface area contributed by atoms with Gasteiger partial charge in [0.25, 0.3) is 0 Å². The van der Waals surface area contributed by atoms with E-state index >= 15 is 0 Å². The van der Waals surface area contributed by atoms with E-state index in [9.17, 15) is 9.59 Å². The van der Waals surface area contributed by atoms with Crippen molar-refractivity contribution in [2.45, 2.75) is 13.8 Å². The molecular weight excluding hydrogens is 254 g/mol. The van der Waals surface area contributed by atoms with Gasteiger partial charge in [-0.25, -0.2) is 4.79 Å². The zero-order valence-electron chi connectivity index (χ0n) is 10.1. The lowest BCUT2D eigenvalue weighted by atomic mass is 10.2. The number of nitrogens with zero attached hydrogens (tertiary/aromatic N) is 1. The summed E-state index contributed by atoms with van der Waals surface area (Å²) in [4.78, 5) is 23.5. The number of halogens is 1. The third-order valence-electron chi connectivity index (χ3n) is 2.57. The molecule has 0 aliphatic carbocycles. The average Bonchev–Trinajstić information content (AvgIpc) is 2.67. The van der Waals surface area contributed by atoms with Crippen LogP contribution < -0.4 is 0 Å². The molecule has 5 heteroatoms. The predicted octanol–water partition coefficient (Wildman–Crippen LogP) is 3.13. The zero-order chi connectivity index (χ0) is 13.3. The molecule has 0 unspecified atom stereocenters. The van der Waals surface area contributed by atoms with Crippen LogP contribution in [0.4, 0.5) is 0 Å². The Morgan fingerprint density at radius 1 is 1.33 bits per heavy atom. The summed E-state index contributed by atoms with van der Waals surface area (Å²) in [5.74, 6) is -0.768. The Morgan fingerprint density at radius 2 is 2.06 bits per heavy atom. The summed E-state index contributed by atoms with van der Waals surface area (Å²) in [5, 5.41) is 1.29. The molecule has 0 saturated heterocycles. The molecule has 18 heavy (non-hydrogen) atoms. The molecule has 0 aliphatic rings. The van der Waals surface area contributed by atoms with Gasteiger partial charge < -0.3 is 4.74 Å². The maximum atomic E-state index is 11.8. The predicted molar refractivity (Wildman–Crippen MR) is 69.2 cm³/mol. The minimum atomic E-state index is -0.514. The van der Waals surface area contributed by atoms with E-state index in [0.717, 1.165) is 5.39 Å². The number of aromatic nitrogens is 1. The minimum absolute atomic E-state index is 0.224. The maximum absolute atomic E-state index is 11.8. The molecular formula is C13H12ClNO3. The van der Waals surface area contributed by atoms with Gasteiger partial charge in [0.2, 0.25) is 5.91 Å². The first-order valence-corrected chi connectivity index (χ1v) is 5.91. The van der Waals surface area contributed by atoms with Crippen LogP contribution in [-0.2, 0) is 4.74 Å². The lowest BCUT2D eigenvalue weighted by Gasteiger charge is -2.05. The molecule has 0 amide bonds. The Morgan fingerprint density at radius 3 is 2.67 bits per heavy atom. The number of fused-ring (bicyclic) bond motifs is 1. The lowest BCUT2D eigenvalue weighted by Crippen LogP contribution is -2.16. The Hall–Kier alpha value is -1.81. The monoisotopic (exact) mass is 265 g/mol. The second-order valence-corrected chi connectivity index (χ2v) is 4.24. The number of rotatable bonds is 2. The number of ether oxygens (including phenoxy) is 1. The van der Waals surface area contributed by atoms with Gasteiger partial charge in [-0.3, -0.25) is 9.36 Å². The first kappa shape index (κ1) is 12.6. The van der Waals surface area contributed by atoms with E-state index in [0.29, 0.717) is 10.5 Å². The molecule has 0 N–H and O–H groups in total. The average molecular weight is 266 g/mol. The summed E-state index contributed by atoms with van der Waals surface area (Å²) < 4.78 is 6.25. The fourth-order valence-electron chi connectivity index (χ4n) is 1.87. The summed E-state index contributed by atoms with van der Waals surface area (Å²) in [6.45, 7) is 3.37. The second-order valence-electron chi connectivity index (χ2n) is 3.81. The van der Waals surface area contributed by atoms with E-state index in [4.69, 9.17) is 16.3 Å². The second kappa shape index (κ2) is 4.82. The normalized spacial score (nSPS) is 10.6. The van der Waals surface area contributed by atoms with Crippen molar-refractivity contribution in [1.82, 2.24) is 4.57 Å². The van der Waals surface area contributed by atoms with Crippen molar-refractivity contribution in [3.05, 3.63) is 35.0 Å². The van der Waals surface area contributed by atoms with Crippen LogP contribution in [-0.4, -0.2) is 23.1 Å². The van der Waals surface area contributed by atoms with E-state index in [1.807, 2.05) is 0 Å². The number of carbonyl (C=O) groups excluding carboxylic acids is 2. The van der Waals surface area contributed by atoms with Crippen molar-refractivity contribution in [2.75, 3.05) is 6.61 Å². The molecule has 94 valence electrons. The molecule has 4 nitrogen and oxygen atoms in total. The molecule has 0 fully saturated rings. The van der Waals surface area contributed by atoms with E-state index in [-0.39, 0.29) is 18.2 Å². The molecule has 0 aliphatic heterocycles. The molecule has 1 aromatic heterocycles. The van der Waals surface area contributed by atoms with Crippen LogP contribution in [0.1, 0.15) is 29.1 Å². The molecule has 0 atom stereocenters. The molecule has 1 heterocycles. The van der Waals surface area contributed by atoms with Gasteiger partial charge in [0.05, 0.1) is 12.1 Å². The van der Waals surface area contributed by atoms with E-state index in [2.05, 4.69) is 0 Å². The van der Waals surface area contributed by atoms with E-state index < -0.39 is 5.97 Å². The van der Waals surface area contributed by atoms with Crippen LogP contribution in [0.5, 0.6) is 0 Å². The highest BCUT2D eigenvalue weighted by Gasteiger charge is 2.19. The quantitative estimate of drug-likeness (QED) is 0.784. The smallest absolute Gasteiger partial charge is 0.355 e. The first-order chi connectivity index (χ1) is 8.54. The van der Waals surface area contributed by atoms with Gasteiger partial charge in [-0.15, -0.1) is 0 Å². The van der Waals surface area contributed by atoms with Crippen molar-refractivity contribution >= 4 is 34.4 Å². The topological polar surface area (TPSA) is 48.3 Å². The largest absolute Gasteiger partial charge is 0.461 e. The molecule has 0 radical (unpaired) electrons. The lowest BCUT2D eigenvalue weighted by molar-refractivity contribution is 0.0510. The van der Waals surface area contributed by atoms with Crippen LogP contribution in [0.2, 0.25) is 5.02 Å². The highest BCUT2D eigenvalue weighted by Crippen LogP contribution is 2.24. The summed E-state index contributed by atoms with van der Waals surface area (Å²) >= 11 is 5.90. The Bertz CT molecular complexity index is 630. The van der Waals surface area contributed by atoms with Crippen LogP contribution >= 0.6 is 11.6 Å². The van der Waals surface area contributed by atoms with E-state index in [1.165, 1.54) is 11.5 Å². The molecule has 2 aromatic rings. The van der Waals surface area contributed by atoms with Gasteiger partial charge in [0, 0.05) is 17.3 Å². The van der Waals surface area contributed by atoms with Crippen LogP contribution in [0.15, 0.2) is 24.3 Å². The highest BCUT2D eigenvalue weighted by molar-refractivity contribution is 6.31. The van der Waals surface area contributed by atoms with Crippen molar-refractivity contribution in [1.29, 1.82) is 0 Å². The SMILES string of the molecule is CCOC(=O)c1cc2ccc(Cl)cc2n1C(C)=O. The number of benzene rings is 1. The molecule has 0 spiro atoms. The fourth-order valence-corrected chi connectivity index (χ4v) is 2.03. The third-order valence-corrected chi connectivity index (χ3v) is 2.80. The van der Waals surface area contributed by atoms with Crippen molar-refractivity contribution in [3.63, 3.8) is 0 Å². The van der Waals surface area contributed by atoms with Crippen LogP contribution in [0, 0.1) is 0 Å². The van der Waals surface area contributed by atoms with Crippen LogP contribution in [0.3, 0.4) is 0 Å². The minimum Gasteiger partial charge on any atom is -0.461 e. The number of hydrogen-bond acceptors (Lipinski definition) is 3. The third kappa shape index (κ3) is 2.11. The molecule has 1 aromatic carbocycles. The van der Waals surface area contributed by atoms with Crippen molar-refractivity contribution in [3.8, 4) is 0 Å². The van der Waals surface area contributed by atoms with Gasteiger partial charge >= 0.3 is 5.97 Å². The Labute approximate surface area is 109 Å². The molecule has 0 bridgehead atoms. The number of hydrogen-bond donors (Lipinski definition) is 0. The standard InChI is InChI=1S/C13H12ClNO3/c1-3-18-13(17)12-6-9-4-5-10(14)7-11(9)15(12)8(2)16/h4-7H,3H2,1-2H3. The summed E-state index contributed by atoms with van der Waals surface area (Å²) in [5.41, 5.74) is 0.833. The van der Waals surface area contributed by atoms with Crippen molar-refractivity contribution < 1.29 is 14.3 Å². The summed E-state index contributed by atoms with van der Waals surface area (Å²) in [7, 11) is 0. The molecule has 0 saturated carbocycles. The van der Waals surface area contributed by atoms with Gasteiger partial charge in [-0.05, 0) is 25.1 Å². The number of carbonyl (C=O) groups is 2. The number of esters is 1.